The zero-order valence-electron chi connectivity index (χ0n) is 12.5. The fourth-order valence-electron chi connectivity index (χ4n) is 3.73. The number of likely N-dealkylation sites (tertiary alicyclic amines) is 1. The third kappa shape index (κ3) is 4.63. The fourth-order valence-corrected chi connectivity index (χ4v) is 3.73. The Morgan fingerprint density at radius 1 is 1.30 bits per heavy atom. The minimum atomic E-state index is -0.347. The highest BCUT2D eigenvalue weighted by atomic mass is 16.5. The number of alkyl carbamates (subject to hydrolysis) is 1. The summed E-state index contributed by atoms with van der Waals surface area (Å²) < 4.78 is 4.70. The normalized spacial score (nSPS) is 28.5. The number of aliphatic hydroxyl groups excluding tert-OH is 1. The van der Waals surface area contributed by atoms with Crippen molar-refractivity contribution in [1.82, 2.24) is 10.2 Å². The van der Waals surface area contributed by atoms with E-state index in [-0.39, 0.29) is 18.7 Å². The number of rotatable bonds is 5. The van der Waals surface area contributed by atoms with Gasteiger partial charge in [0.1, 0.15) is 0 Å². The number of nitrogens with zero attached hydrogens (tertiary/aromatic N) is 1. The number of ether oxygens (including phenoxy) is 1. The Kier molecular flexibility index (Phi) is 6.10. The lowest BCUT2D eigenvalue weighted by molar-refractivity contribution is 0.101. The van der Waals surface area contributed by atoms with Crippen LogP contribution in [0.5, 0.6) is 0 Å². The van der Waals surface area contributed by atoms with Crippen LogP contribution >= 0.6 is 0 Å². The third-order valence-electron chi connectivity index (χ3n) is 4.65. The lowest BCUT2D eigenvalue weighted by Crippen LogP contribution is -2.51. The summed E-state index contributed by atoms with van der Waals surface area (Å²) in [5, 5.41) is 12.1. The Morgan fingerprint density at radius 3 is 2.70 bits per heavy atom. The van der Waals surface area contributed by atoms with Crippen molar-refractivity contribution < 1.29 is 14.6 Å². The molecule has 2 rings (SSSR count). The summed E-state index contributed by atoms with van der Waals surface area (Å²) in [6.07, 6.45) is 6.83. The zero-order chi connectivity index (χ0) is 14.4. The molecule has 1 saturated carbocycles. The Morgan fingerprint density at radius 2 is 2.05 bits per heavy atom. The first-order valence-electron chi connectivity index (χ1n) is 7.89. The second-order valence-corrected chi connectivity index (χ2v) is 6.32. The number of carbonyl (C=O) groups is 1. The maximum Gasteiger partial charge on any atom is 0.407 e. The van der Waals surface area contributed by atoms with E-state index in [1.165, 1.54) is 32.8 Å². The predicted molar refractivity (Wildman–Crippen MR) is 77.5 cm³/mol. The summed E-state index contributed by atoms with van der Waals surface area (Å²) in [6.45, 7) is 3.33. The van der Waals surface area contributed by atoms with E-state index in [4.69, 9.17) is 4.74 Å². The van der Waals surface area contributed by atoms with E-state index in [0.29, 0.717) is 5.92 Å². The molecule has 1 aliphatic carbocycles. The number of hydrogen-bond donors (Lipinski definition) is 2. The second kappa shape index (κ2) is 7.84. The SMILES string of the molecule is COC(=O)NC1CC(CCO)CN(CC2CCCC2)C1. The van der Waals surface area contributed by atoms with Gasteiger partial charge in [0.25, 0.3) is 0 Å². The van der Waals surface area contributed by atoms with Crippen molar-refractivity contribution in [3.63, 3.8) is 0 Å². The van der Waals surface area contributed by atoms with E-state index in [2.05, 4.69) is 10.2 Å². The molecule has 5 heteroatoms. The Hall–Kier alpha value is -0.810. The third-order valence-corrected chi connectivity index (χ3v) is 4.65. The van der Waals surface area contributed by atoms with Crippen molar-refractivity contribution in [2.24, 2.45) is 11.8 Å². The van der Waals surface area contributed by atoms with Crippen LogP contribution in [0.15, 0.2) is 0 Å². The minimum Gasteiger partial charge on any atom is -0.453 e. The van der Waals surface area contributed by atoms with Gasteiger partial charge in [0.05, 0.1) is 7.11 Å². The molecule has 0 bridgehead atoms. The highest BCUT2D eigenvalue weighted by Gasteiger charge is 2.30. The minimum absolute atomic E-state index is 0.147. The number of methoxy groups -OCH3 is 1. The summed E-state index contributed by atoms with van der Waals surface area (Å²) in [5.41, 5.74) is 0. The van der Waals surface area contributed by atoms with Crippen LogP contribution in [0.25, 0.3) is 0 Å². The van der Waals surface area contributed by atoms with E-state index in [1.807, 2.05) is 0 Å². The molecule has 2 atom stereocenters. The van der Waals surface area contributed by atoms with Gasteiger partial charge in [-0.1, -0.05) is 12.8 Å². The quantitative estimate of drug-likeness (QED) is 0.805. The predicted octanol–water partition coefficient (Wildman–Crippen LogP) is 1.61. The van der Waals surface area contributed by atoms with Gasteiger partial charge in [0.15, 0.2) is 0 Å². The molecule has 1 heterocycles. The topological polar surface area (TPSA) is 61.8 Å². The Balaban J connectivity index is 1.87. The molecule has 2 unspecified atom stereocenters. The van der Waals surface area contributed by atoms with Gasteiger partial charge in [-0.3, -0.25) is 0 Å². The first kappa shape index (κ1) is 15.6. The van der Waals surface area contributed by atoms with E-state index in [1.54, 1.807) is 0 Å². The van der Waals surface area contributed by atoms with Gasteiger partial charge in [-0.05, 0) is 37.5 Å². The molecule has 0 aromatic carbocycles. The molecule has 1 amide bonds. The van der Waals surface area contributed by atoms with Crippen LogP contribution in [0, 0.1) is 11.8 Å². The smallest absolute Gasteiger partial charge is 0.407 e. The number of aliphatic hydroxyl groups is 1. The van der Waals surface area contributed by atoms with Gasteiger partial charge < -0.3 is 20.1 Å². The number of carbonyl (C=O) groups excluding carboxylic acids is 1. The van der Waals surface area contributed by atoms with Crippen molar-refractivity contribution in [2.45, 2.75) is 44.6 Å². The highest BCUT2D eigenvalue weighted by Crippen LogP contribution is 2.28. The Bertz CT molecular complexity index is 305. The van der Waals surface area contributed by atoms with Crippen molar-refractivity contribution in [3.05, 3.63) is 0 Å². The second-order valence-electron chi connectivity index (χ2n) is 6.32. The monoisotopic (exact) mass is 284 g/mol. The molecule has 5 nitrogen and oxygen atoms in total. The van der Waals surface area contributed by atoms with Crippen LogP contribution < -0.4 is 5.32 Å². The van der Waals surface area contributed by atoms with Crippen molar-refractivity contribution in [1.29, 1.82) is 0 Å². The van der Waals surface area contributed by atoms with Crippen molar-refractivity contribution in [2.75, 3.05) is 33.4 Å². The van der Waals surface area contributed by atoms with E-state index in [0.717, 1.165) is 38.4 Å². The Labute approximate surface area is 121 Å². The zero-order valence-corrected chi connectivity index (χ0v) is 12.5. The molecular formula is C15H28N2O3. The van der Waals surface area contributed by atoms with Crippen LogP contribution in [0.1, 0.15) is 38.5 Å². The molecular weight excluding hydrogens is 256 g/mol. The van der Waals surface area contributed by atoms with Crippen LogP contribution in [-0.2, 0) is 4.74 Å². The van der Waals surface area contributed by atoms with Crippen molar-refractivity contribution >= 4 is 6.09 Å². The summed E-state index contributed by atoms with van der Waals surface area (Å²) in [5.74, 6) is 1.29. The van der Waals surface area contributed by atoms with Crippen LogP contribution in [-0.4, -0.2) is 55.5 Å². The standard InChI is InChI=1S/C15H28N2O3/c1-20-15(19)16-14-8-13(6-7-18)10-17(11-14)9-12-4-2-3-5-12/h12-14,18H,2-11H2,1H3,(H,16,19). The van der Waals surface area contributed by atoms with Gasteiger partial charge in [-0.2, -0.15) is 0 Å². The van der Waals surface area contributed by atoms with E-state index >= 15 is 0 Å². The maximum absolute atomic E-state index is 11.4. The molecule has 0 aromatic rings. The summed E-state index contributed by atoms with van der Waals surface area (Å²) in [7, 11) is 1.40. The van der Waals surface area contributed by atoms with Gasteiger partial charge in [-0.25, -0.2) is 4.79 Å². The first-order chi connectivity index (χ1) is 9.71. The van der Waals surface area contributed by atoms with E-state index in [9.17, 15) is 9.90 Å². The van der Waals surface area contributed by atoms with Crippen LogP contribution in [0.4, 0.5) is 4.79 Å². The van der Waals surface area contributed by atoms with Gasteiger partial charge in [-0.15, -0.1) is 0 Å². The molecule has 2 aliphatic rings. The summed E-state index contributed by atoms with van der Waals surface area (Å²) in [4.78, 5) is 13.9. The molecule has 0 spiro atoms. The number of nitrogens with one attached hydrogen (secondary N) is 1. The fraction of sp³-hybridized carbons (Fsp3) is 0.933. The molecule has 2 N–H and O–H groups in total. The lowest BCUT2D eigenvalue weighted by Gasteiger charge is -2.39. The van der Waals surface area contributed by atoms with Crippen molar-refractivity contribution in [3.8, 4) is 0 Å². The van der Waals surface area contributed by atoms with Crippen LogP contribution in [0.3, 0.4) is 0 Å². The lowest BCUT2D eigenvalue weighted by atomic mass is 9.91. The average molecular weight is 284 g/mol. The van der Waals surface area contributed by atoms with Crippen LogP contribution in [0.2, 0.25) is 0 Å². The van der Waals surface area contributed by atoms with Gasteiger partial charge >= 0.3 is 6.09 Å². The number of piperidine rings is 1. The molecule has 1 saturated heterocycles. The van der Waals surface area contributed by atoms with E-state index < -0.39 is 0 Å². The molecule has 0 aromatic heterocycles. The molecule has 116 valence electrons. The highest BCUT2D eigenvalue weighted by molar-refractivity contribution is 5.67. The number of amides is 1. The average Bonchev–Trinajstić information content (AvgIpc) is 2.91. The molecule has 20 heavy (non-hydrogen) atoms. The first-order valence-corrected chi connectivity index (χ1v) is 7.89. The van der Waals surface area contributed by atoms with Gasteiger partial charge in [0.2, 0.25) is 0 Å². The molecule has 1 aliphatic heterocycles. The summed E-state index contributed by atoms with van der Waals surface area (Å²) in [6, 6.07) is 0.147. The summed E-state index contributed by atoms with van der Waals surface area (Å²) >= 11 is 0. The largest absolute Gasteiger partial charge is 0.453 e. The van der Waals surface area contributed by atoms with Gasteiger partial charge in [0, 0.05) is 32.3 Å². The number of hydrogen-bond acceptors (Lipinski definition) is 4. The molecule has 0 radical (unpaired) electrons. The molecule has 2 fully saturated rings. The maximum atomic E-state index is 11.4.